The van der Waals surface area contributed by atoms with E-state index < -0.39 is 0 Å². The van der Waals surface area contributed by atoms with E-state index in [1.807, 2.05) is 0 Å². The highest BCUT2D eigenvalue weighted by atomic mass is 16.5. The molecule has 0 spiro atoms. The average Bonchev–Trinajstić information content (AvgIpc) is 2.32. The van der Waals surface area contributed by atoms with E-state index in [1.54, 1.807) is 0 Å². The van der Waals surface area contributed by atoms with Gasteiger partial charge < -0.3 is 9.64 Å². The molecule has 0 aliphatic carbocycles. The molecule has 0 N–H and O–H groups in total. The summed E-state index contributed by atoms with van der Waals surface area (Å²) < 4.78 is 6.06. The van der Waals surface area contributed by atoms with Gasteiger partial charge in [0.2, 0.25) is 0 Å². The second kappa shape index (κ2) is 3.44. The zero-order valence-corrected chi connectivity index (χ0v) is 10.7. The first-order chi connectivity index (χ1) is 6.89. The fraction of sp³-hybridized carbons (Fsp3) is 1.00. The molecule has 0 radical (unpaired) electrons. The minimum atomic E-state index is 0.00424. The van der Waals surface area contributed by atoms with Gasteiger partial charge in [-0.05, 0) is 34.7 Å². The van der Waals surface area contributed by atoms with E-state index in [4.69, 9.17) is 4.74 Å². The number of rotatable bonds is 1. The third-order valence-corrected chi connectivity index (χ3v) is 4.30. The lowest BCUT2D eigenvalue weighted by atomic mass is 9.82. The van der Waals surface area contributed by atoms with Gasteiger partial charge in [0.15, 0.2) is 0 Å². The van der Waals surface area contributed by atoms with Crippen LogP contribution >= 0.6 is 0 Å². The minimum Gasteiger partial charge on any atom is -0.371 e. The van der Waals surface area contributed by atoms with E-state index in [9.17, 15) is 0 Å². The van der Waals surface area contributed by atoms with E-state index in [0.717, 1.165) is 26.2 Å². The molecule has 0 amide bonds. The first-order valence-electron chi connectivity index (χ1n) is 5.98. The van der Waals surface area contributed by atoms with Crippen LogP contribution in [0.2, 0.25) is 0 Å². The number of hydrogen-bond acceptors (Lipinski definition) is 3. The lowest BCUT2D eigenvalue weighted by molar-refractivity contribution is -0.165. The Kier molecular flexibility index (Phi) is 2.61. The maximum Gasteiger partial charge on any atom is 0.0973 e. The molecule has 0 bridgehead atoms. The maximum atomic E-state index is 6.06. The van der Waals surface area contributed by atoms with Gasteiger partial charge in [-0.15, -0.1) is 0 Å². The van der Waals surface area contributed by atoms with Gasteiger partial charge in [0.1, 0.15) is 0 Å². The van der Waals surface area contributed by atoms with E-state index >= 15 is 0 Å². The fourth-order valence-electron chi connectivity index (χ4n) is 3.47. The van der Waals surface area contributed by atoms with E-state index in [-0.39, 0.29) is 11.1 Å². The number of ether oxygens (including phenoxy) is 1. The first-order valence-corrected chi connectivity index (χ1v) is 5.98. The zero-order valence-electron chi connectivity index (χ0n) is 10.7. The van der Waals surface area contributed by atoms with Crippen molar-refractivity contribution in [3.63, 3.8) is 0 Å². The molecule has 0 saturated carbocycles. The molecule has 2 fully saturated rings. The molecule has 88 valence electrons. The van der Waals surface area contributed by atoms with Crippen LogP contribution in [0.25, 0.3) is 0 Å². The number of likely N-dealkylation sites (N-methyl/N-ethyl adjacent to an activating group) is 1. The van der Waals surface area contributed by atoms with Crippen LogP contribution in [0.15, 0.2) is 0 Å². The Morgan fingerprint density at radius 1 is 1.20 bits per heavy atom. The summed E-state index contributed by atoms with van der Waals surface area (Å²) in [4.78, 5) is 5.00. The Bertz CT molecular complexity index is 256. The molecule has 0 aromatic heterocycles. The van der Waals surface area contributed by atoms with Crippen LogP contribution in [-0.2, 0) is 4.74 Å². The Hall–Kier alpha value is -0.120. The van der Waals surface area contributed by atoms with Crippen LogP contribution in [0, 0.1) is 0 Å². The third-order valence-electron chi connectivity index (χ3n) is 4.30. The van der Waals surface area contributed by atoms with Gasteiger partial charge >= 0.3 is 0 Å². The van der Waals surface area contributed by atoms with E-state index in [0.29, 0.717) is 6.04 Å². The highest BCUT2D eigenvalue weighted by Gasteiger charge is 2.57. The molecule has 15 heavy (non-hydrogen) atoms. The lowest BCUT2D eigenvalue weighted by Crippen LogP contribution is -2.67. The molecule has 3 nitrogen and oxygen atoms in total. The molecular formula is C12H24N2O. The molecule has 2 rings (SSSR count). The number of nitrogens with zero attached hydrogens (tertiary/aromatic N) is 2. The van der Waals surface area contributed by atoms with Crippen molar-refractivity contribution in [1.82, 2.24) is 9.80 Å². The Morgan fingerprint density at radius 2 is 1.87 bits per heavy atom. The number of hydrogen-bond donors (Lipinski definition) is 0. The van der Waals surface area contributed by atoms with Gasteiger partial charge in [-0.3, -0.25) is 4.90 Å². The van der Waals surface area contributed by atoms with Crippen LogP contribution in [0.4, 0.5) is 0 Å². The monoisotopic (exact) mass is 212 g/mol. The summed E-state index contributed by atoms with van der Waals surface area (Å²) in [5.41, 5.74) is 0.179. The van der Waals surface area contributed by atoms with Crippen molar-refractivity contribution in [3.05, 3.63) is 0 Å². The molecule has 2 atom stereocenters. The smallest absolute Gasteiger partial charge is 0.0973 e. The lowest BCUT2D eigenvalue weighted by Gasteiger charge is -2.53. The summed E-state index contributed by atoms with van der Waals surface area (Å²) in [5.74, 6) is 0. The van der Waals surface area contributed by atoms with Gasteiger partial charge in [0.25, 0.3) is 0 Å². The van der Waals surface area contributed by atoms with Crippen molar-refractivity contribution in [1.29, 1.82) is 0 Å². The standard InChI is InChI=1S/C12H24N2O/c1-10(2)14-6-7-15-12(4)9-13(5)8-11(12,14)3/h10H,6-9H2,1-5H3/t11-,12+/m0/s1. The Labute approximate surface area is 93.4 Å². The van der Waals surface area contributed by atoms with E-state index in [2.05, 4.69) is 44.5 Å². The topological polar surface area (TPSA) is 15.7 Å². The molecule has 0 unspecified atom stereocenters. The highest BCUT2D eigenvalue weighted by Crippen LogP contribution is 2.41. The van der Waals surface area contributed by atoms with Crippen LogP contribution in [0.1, 0.15) is 27.7 Å². The summed E-state index contributed by atoms with van der Waals surface area (Å²) in [5, 5.41) is 0. The predicted octanol–water partition coefficient (Wildman–Crippen LogP) is 1.19. The second-order valence-corrected chi connectivity index (χ2v) is 5.81. The molecule has 0 aromatic rings. The zero-order chi connectivity index (χ0) is 11.3. The van der Waals surface area contributed by atoms with Crippen LogP contribution in [0.5, 0.6) is 0 Å². The minimum absolute atomic E-state index is 0.00424. The molecule has 2 heterocycles. The van der Waals surface area contributed by atoms with Gasteiger partial charge in [0.05, 0.1) is 17.7 Å². The maximum absolute atomic E-state index is 6.06. The van der Waals surface area contributed by atoms with Crippen molar-refractivity contribution in [2.24, 2.45) is 0 Å². The quantitative estimate of drug-likeness (QED) is 0.649. The molecule has 2 aliphatic heterocycles. The summed E-state index contributed by atoms with van der Waals surface area (Å²) in [7, 11) is 2.19. The van der Waals surface area contributed by atoms with Gasteiger partial charge in [-0.25, -0.2) is 0 Å². The van der Waals surface area contributed by atoms with Gasteiger partial charge in [0, 0.05) is 25.7 Å². The van der Waals surface area contributed by atoms with Crippen molar-refractivity contribution in [2.75, 3.05) is 33.3 Å². The van der Waals surface area contributed by atoms with Crippen molar-refractivity contribution in [2.45, 2.75) is 44.9 Å². The summed E-state index contributed by atoms with van der Waals surface area (Å²) in [6.45, 7) is 13.3. The van der Waals surface area contributed by atoms with Crippen LogP contribution < -0.4 is 0 Å². The van der Waals surface area contributed by atoms with Crippen molar-refractivity contribution < 1.29 is 4.74 Å². The van der Waals surface area contributed by atoms with Crippen molar-refractivity contribution >= 4 is 0 Å². The normalized spacial score (nSPS) is 43.6. The summed E-state index contributed by atoms with van der Waals surface area (Å²) in [6, 6.07) is 0.602. The number of fused-ring (bicyclic) bond motifs is 1. The van der Waals surface area contributed by atoms with Crippen LogP contribution in [-0.4, -0.2) is 60.3 Å². The average molecular weight is 212 g/mol. The summed E-state index contributed by atoms with van der Waals surface area (Å²) in [6.07, 6.45) is 0. The summed E-state index contributed by atoms with van der Waals surface area (Å²) >= 11 is 0. The second-order valence-electron chi connectivity index (χ2n) is 5.81. The van der Waals surface area contributed by atoms with Gasteiger partial charge in [-0.1, -0.05) is 0 Å². The van der Waals surface area contributed by atoms with Crippen LogP contribution in [0.3, 0.4) is 0 Å². The molecular weight excluding hydrogens is 188 g/mol. The molecule has 0 aromatic carbocycles. The molecule has 2 saturated heterocycles. The van der Waals surface area contributed by atoms with E-state index in [1.165, 1.54) is 0 Å². The first kappa shape index (κ1) is 11.4. The third kappa shape index (κ3) is 1.52. The fourth-order valence-corrected chi connectivity index (χ4v) is 3.47. The van der Waals surface area contributed by atoms with Gasteiger partial charge in [-0.2, -0.15) is 0 Å². The molecule has 3 heteroatoms. The number of likely N-dealkylation sites (tertiary alicyclic amines) is 1. The highest BCUT2D eigenvalue weighted by molar-refractivity contribution is 5.13. The molecule has 2 aliphatic rings. The largest absolute Gasteiger partial charge is 0.371 e. The Balaban J connectivity index is 2.31. The predicted molar refractivity (Wildman–Crippen MR) is 62.1 cm³/mol. The van der Waals surface area contributed by atoms with Crippen molar-refractivity contribution in [3.8, 4) is 0 Å². The SMILES string of the molecule is CC(C)N1CCO[C@]2(C)CN(C)C[C@]12C. The Morgan fingerprint density at radius 3 is 2.47 bits per heavy atom. The number of morpholine rings is 1.